The van der Waals surface area contributed by atoms with Crippen LogP contribution in [-0.4, -0.2) is 35.6 Å². The van der Waals surface area contributed by atoms with Gasteiger partial charge < -0.3 is 10.2 Å². The fraction of sp³-hybridized carbons (Fsp3) is 0.526. The van der Waals surface area contributed by atoms with Crippen molar-refractivity contribution < 1.29 is 14.4 Å². The predicted molar refractivity (Wildman–Crippen MR) is 92.8 cm³/mol. The van der Waals surface area contributed by atoms with Gasteiger partial charge in [-0.15, -0.1) is 0 Å². The molecule has 1 aliphatic heterocycles. The molecule has 2 saturated carbocycles. The number of carbonyl (C=O) groups is 3. The summed E-state index contributed by atoms with van der Waals surface area (Å²) in [5.74, 6) is 0.187. The molecule has 3 aliphatic rings. The van der Waals surface area contributed by atoms with Crippen molar-refractivity contribution >= 4 is 29.2 Å². The zero-order chi connectivity index (χ0) is 17.7. The number of likely N-dealkylation sites (tertiary alicyclic amines) is 1. The van der Waals surface area contributed by atoms with Crippen molar-refractivity contribution in [3.8, 4) is 0 Å². The predicted octanol–water partition coefficient (Wildman–Crippen LogP) is 2.34. The van der Waals surface area contributed by atoms with E-state index in [9.17, 15) is 14.4 Å². The standard InChI is InChI=1S/C19H21ClN2O3/c1-22-17(24)9-15(18(22)11-2-4-12(20)5-3-11)21-19(25)14-7-10-6-13(14)16(23)8-10/h2-5,10,13-15,18H,6-9H2,1H3,(H,21,25)/t10-,13+,14?,15?,18?/m0/s1. The lowest BCUT2D eigenvalue weighted by molar-refractivity contribution is -0.133. The first kappa shape index (κ1) is 16.6. The van der Waals surface area contributed by atoms with Crippen molar-refractivity contribution in [2.24, 2.45) is 17.8 Å². The van der Waals surface area contributed by atoms with Crippen molar-refractivity contribution in [1.29, 1.82) is 0 Å². The topological polar surface area (TPSA) is 66.5 Å². The lowest BCUT2D eigenvalue weighted by atomic mass is 9.86. The summed E-state index contributed by atoms with van der Waals surface area (Å²) in [6, 6.07) is 6.88. The summed E-state index contributed by atoms with van der Waals surface area (Å²) in [5.41, 5.74) is 0.951. The third-order valence-corrected chi connectivity index (χ3v) is 6.28. The van der Waals surface area contributed by atoms with Crippen LogP contribution >= 0.6 is 11.6 Å². The average molecular weight is 361 g/mol. The van der Waals surface area contributed by atoms with Gasteiger partial charge >= 0.3 is 0 Å². The summed E-state index contributed by atoms with van der Waals surface area (Å²) in [4.78, 5) is 38.6. The van der Waals surface area contributed by atoms with Crippen molar-refractivity contribution in [2.45, 2.75) is 37.8 Å². The number of nitrogens with one attached hydrogen (secondary N) is 1. The van der Waals surface area contributed by atoms with Gasteiger partial charge in [0.2, 0.25) is 11.8 Å². The monoisotopic (exact) mass is 360 g/mol. The van der Waals surface area contributed by atoms with Crippen molar-refractivity contribution in [1.82, 2.24) is 10.2 Å². The van der Waals surface area contributed by atoms with Crippen LogP contribution in [-0.2, 0) is 14.4 Å². The number of likely N-dealkylation sites (N-methyl/N-ethyl adjacent to an activating group) is 1. The van der Waals surface area contributed by atoms with E-state index in [2.05, 4.69) is 5.32 Å². The smallest absolute Gasteiger partial charge is 0.225 e. The second kappa shape index (κ2) is 6.13. The van der Waals surface area contributed by atoms with Gasteiger partial charge in [-0.1, -0.05) is 23.7 Å². The van der Waals surface area contributed by atoms with E-state index in [1.165, 1.54) is 0 Å². The van der Waals surface area contributed by atoms with Crippen molar-refractivity contribution in [3.63, 3.8) is 0 Å². The fourth-order valence-corrected chi connectivity index (χ4v) is 4.92. The molecule has 2 aliphatic carbocycles. The molecule has 0 aromatic heterocycles. The van der Waals surface area contributed by atoms with Crippen LogP contribution in [0.2, 0.25) is 5.02 Å². The number of Topliss-reactive ketones (excluding diaryl/α,β-unsaturated/α-hetero) is 1. The van der Waals surface area contributed by atoms with E-state index in [-0.39, 0.29) is 47.9 Å². The molecule has 1 heterocycles. The number of hydrogen-bond acceptors (Lipinski definition) is 3. The third-order valence-electron chi connectivity index (χ3n) is 6.03. The molecule has 25 heavy (non-hydrogen) atoms. The van der Waals surface area contributed by atoms with E-state index in [4.69, 9.17) is 11.6 Å². The molecule has 0 radical (unpaired) electrons. The molecule has 3 fully saturated rings. The molecule has 6 heteroatoms. The highest BCUT2D eigenvalue weighted by molar-refractivity contribution is 6.30. The van der Waals surface area contributed by atoms with Gasteiger partial charge in [0, 0.05) is 36.7 Å². The number of benzene rings is 1. The van der Waals surface area contributed by atoms with Crippen LogP contribution in [0.15, 0.2) is 24.3 Å². The molecular formula is C19H21ClN2O3. The molecule has 5 nitrogen and oxygen atoms in total. The maximum atomic E-state index is 12.8. The Morgan fingerprint density at radius 1 is 1.16 bits per heavy atom. The molecule has 5 atom stereocenters. The molecule has 2 bridgehead atoms. The van der Waals surface area contributed by atoms with Gasteiger partial charge in [0.15, 0.2) is 0 Å². The number of ketones is 1. The Balaban J connectivity index is 1.52. The molecule has 2 amide bonds. The second-order valence-corrected chi connectivity index (χ2v) is 7.98. The largest absolute Gasteiger partial charge is 0.350 e. The summed E-state index contributed by atoms with van der Waals surface area (Å²) in [6.45, 7) is 0. The summed E-state index contributed by atoms with van der Waals surface area (Å²) in [5, 5.41) is 3.70. The minimum Gasteiger partial charge on any atom is -0.350 e. The normalized spacial score (nSPS) is 34.0. The van der Waals surface area contributed by atoms with Gasteiger partial charge in [-0.2, -0.15) is 0 Å². The van der Waals surface area contributed by atoms with Crippen LogP contribution in [0.3, 0.4) is 0 Å². The quantitative estimate of drug-likeness (QED) is 0.899. The van der Waals surface area contributed by atoms with E-state index in [1.807, 2.05) is 12.1 Å². The number of hydrogen-bond donors (Lipinski definition) is 1. The lowest BCUT2D eigenvalue weighted by Crippen LogP contribution is -2.44. The highest BCUT2D eigenvalue weighted by Crippen LogP contribution is 2.46. The molecule has 1 aromatic rings. The van der Waals surface area contributed by atoms with Crippen molar-refractivity contribution in [3.05, 3.63) is 34.9 Å². The SMILES string of the molecule is CN1C(=O)CC(NC(=O)C2C[C@H]3CC(=O)[C@@H]2C3)C1c1ccc(Cl)cc1. The number of nitrogens with zero attached hydrogens (tertiary/aromatic N) is 1. The van der Waals surface area contributed by atoms with Crippen molar-refractivity contribution in [2.75, 3.05) is 7.05 Å². The van der Waals surface area contributed by atoms with Gasteiger partial charge in [0.1, 0.15) is 5.78 Å². The number of fused-ring (bicyclic) bond motifs is 2. The van der Waals surface area contributed by atoms with E-state index in [0.29, 0.717) is 17.4 Å². The Hall–Kier alpha value is -1.88. The minimum absolute atomic E-state index is 0.00858. The van der Waals surface area contributed by atoms with E-state index >= 15 is 0 Å². The van der Waals surface area contributed by atoms with Crippen LogP contribution in [0.25, 0.3) is 0 Å². The van der Waals surface area contributed by atoms with Gasteiger partial charge in [-0.3, -0.25) is 14.4 Å². The molecule has 132 valence electrons. The second-order valence-electron chi connectivity index (χ2n) is 7.54. The summed E-state index contributed by atoms with van der Waals surface area (Å²) >= 11 is 5.96. The van der Waals surface area contributed by atoms with E-state index in [0.717, 1.165) is 18.4 Å². The third kappa shape index (κ3) is 2.84. The Morgan fingerprint density at radius 3 is 2.52 bits per heavy atom. The van der Waals surface area contributed by atoms with Crippen LogP contribution < -0.4 is 5.32 Å². The average Bonchev–Trinajstić information content (AvgIpc) is 3.22. The zero-order valence-electron chi connectivity index (χ0n) is 14.1. The first-order chi connectivity index (χ1) is 11.9. The fourth-order valence-electron chi connectivity index (χ4n) is 4.80. The van der Waals surface area contributed by atoms with Crippen LogP contribution in [0.5, 0.6) is 0 Å². The van der Waals surface area contributed by atoms with Gasteiger partial charge in [0.05, 0.1) is 12.1 Å². The molecule has 0 spiro atoms. The minimum atomic E-state index is -0.277. The summed E-state index contributed by atoms with van der Waals surface area (Å²) in [6.07, 6.45) is 2.56. The Bertz CT molecular complexity index is 733. The maximum Gasteiger partial charge on any atom is 0.225 e. The molecule has 1 N–H and O–H groups in total. The van der Waals surface area contributed by atoms with Crippen LogP contribution in [0, 0.1) is 17.8 Å². The molecule has 1 saturated heterocycles. The number of rotatable bonds is 3. The Morgan fingerprint density at radius 2 is 1.88 bits per heavy atom. The van der Waals surface area contributed by atoms with E-state index in [1.54, 1.807) is 24.1 Å². The van der Waals surface area contributed by atoms with Gasteiger partial charge in [0.25, 0.3) is 0 Å². The summed E-state index contributed by atoms with van der Waals surface area (Å²) in [7, 11) is 1.76. The molecule has 4 rings (SSSR count). The Kier molecular flexibility index (Phi) is 4.07. The number of halogens is 1. The van der Waals surface area contributed by atoms with Gasteiger partial charge in [-0.05, 0) is 36.5 Å². The van der Waals surface area contributed by atoms with Gasteiger partial charge in [-0.25, -0.2) is 0 Å². The highest BCUT2D eigenvalue weighted by Gasteiger charge is 2.49. The lowest BCUT2D eigenvalue weighted by Gasteiger charge is -2.28. The number of amides is 2. The first-order valence-electron chi connectivity index (χ1n) is 8.78. The maximum absolute atomic E-state index is 12.8. The summed E-state index contributed by atoms with van der Waals surface area (Å²) < 4.78 is 0. The van der Waals surface area contributed by atoms with E-state index < -0.39 is 0 Å². The first-order valence-corrected chi connectivity index (χ1v) is 9.16. The molecule has 1 aromatic carbocycles. The highest BCUT2D eigenvalue weighted by atomic mass is 35.5. The van der Waals surface area contributed by atoms with Crippen LogP contribution in [0.4, 0.5) is 0 Å². The Labute approximate surface area is 151 Å². The molecule has 3 unspecified atom stereocenters. The molecular weight excluding hydrogens is 340 g/mol. The van der Waals surface area contributed by atoms with Crippen LogP contribution in [0.1, 0.15) is 37.3 Å². The zero-order valence-corrected chi connectivity index (χ0v) is 14.8. The number of carbonyl (C=O) groups excluding carboxylic acids is 3.